The Morgan fingerprint density at radius 2 is 1.50 bits per heavy atom. The zero-order valence-corrected chi connectivity index (χ0v) is 30.3. The summed E-state index contributed by atoms with van der Waals surface area (Å²) in [5, 5.41) is 25.0. The Hall–Kier alpha value is -4.83. The van der Waals surface area contributed by atoms with Gasteiger partial charge in [0.15, 0.2) is 11.2 Å². The summed E-state index contributed by atoms with van der Waals surface area (Å²) >= 11 is 0. The number of amides is 1. The number of anilines is 2. The Balaban J connectivity index is 0.803. The molecule has 0 bridgehead atoms. The molecular formula is C34H49N11O9. The van der Waals surface area contributed by atoms with Crippen LogP contribution in [0, 0.1) is 0 Å². The van der Waals surface area contributed by atoms with E-state index in [9.17, 15) is 4.79 Å². The topological polar surface area (TPSA) is 257 Å². The van der Waals surface area contributed by atoms with Crippen LogP contribution < -0.4 is 16.8 Å². The summed E-state index contributed by atoms with van der Waals surface area (Å²) in [5.74, 6) is 0.265. The van der Waals surface area contributed by atoms with Crippen LogP contribution in [0.2, 0.25) is 0 Å². The quantitative estimate of drug-likeness (QED) is 0.0519. The number of nitrogens with one attached hydrogen (secondary N) is 1. The second kappa shape index (κ2) is 22.4. The van der Waals surface area contributed by atoms with Gasteiger partial charge in [-0.2, -0.15) is 10.1 Å². The smallest absolute Gasteiger partial charge is 0.292 e. The Kier molecular flexibility index (Phi) is 16.7. The number of oxazole rings is 1. The molecule has 5 rings (SSSR count). The fourth-order valence-corrected chi connectivity index (χ4v) is 5.23. The highest BCUT2D eigenvalue weighted by Gasteiger charge is 2.18. The molecule has 0 unspecified atom stereocenters. The number of carbonyl (C=O) groups excluding carboxylic acids is 1. The average molecular weight is 756 g/mol. The summed E-state index contributed by atoms with van der Waals surface area (Å²) in [7, 11) is 0. The molecule has 4 heterocycles. The predicted molar refractivity (Wildman–Crippen MR) is 195 cm³/mol. The van der Waals surface area contributed by atoms with E-state index in [1.165, 1.54) is 6.33 Å². The SMILES string of the molecule is Nc1nc2cc(-c3nn(CCCCNC(=O)CCOCCOCCOCCOCCOCCOCCn4cc(CO)nn4)c4ncnc(N)c34)ccc2o1. The second-order valence-electron chi connectivity index (χ2n) is 11.9. The van der Waals surface area contributed by atoms with Gasteiger partial charge >= 0.3 is 0 Å². The van der Waals surface area contributed by atoms with Crippen molar-refractivity contribution in [1.29, 1.82) is 0 Å². The summed E-state index contributed by atoms with van der Waals surface area (Å²) in [6.45, 7) is 6.85. The number of hydrogen-bond acceptors (Lipinski definition) is 17. The first-order valence-electron chi connectivity index (χ1n) is 17.9. The monoisotopic (exact) mass is 755 g/mol. The van der Waals surface area contributed by atoms with Crippen LogP contribution in [0.4, 0.5) is 11.8 Å². The number of unbranched alkanes of at least 4 members (excludes halogenated alkanes) is 1. The van der Waals surface area contributed by atoms with Gasteiger partial charge < -0.3 is 54.7 Å². The van der Waals surface area contributed by atoms with Crippen LogP contribution in [0.5, 0.6) is 0 Å². The van der Waals surface area contributed by atoms with Gasteiger partial charge in [0.2, 0.25) is 5.91 Å². The zero-order valence-electron chi connectivity index (χ0n) is 30.3. The summed E-state index contributed by atoms with van der Waals surface area (Å²) < 4.78 is 41.8. The first-order chi connectivity index (χ1) is 26.5. The molecule has 0 saturated heterocycles. The lowest BCUT2D eigenvalue weighted by molar-refractivity contribution is -0.122. The van der Waals surface area contributed by atoms with E-state index >= 15 is 0 Å². The number of nitrogen functional groups attached to an aromatic ring is 2. The zero-order chi connectivity index (χ0) is 37.8. The molecule has 1 amide bonds. The molecule has 0 aliphatic rings. The first kappa shape index (κ1) is 40.4. The lowest BCUT2D eigenvalue weighted by Crippen LogP contribution is -2.26. The molecule has 0 aliphatic carbocycles. The van der Waals surface area contributed by atoms with Crippen molar-refractivity contribution in [2.24, 2.45) is 0 Å². The molecule has 294 valence electrons. The summed E-state index contributed by atoms with van der Waals surface area (Å²) in [4.78, 5) is 25.0. The molecule has 20 nitrogen and oxygen atoms in total. The van der Waals surface area contributed by atoms with E-state index in [0.29, 0.717) is 138 Å². The Bertz CT molecular complexity index is 1850. The maximum absolute atomic E-state index is 12.2. The van der Waals surface area contributed by atoms with Crippen LogP contribution in [0.15, 0.2) is 35.1 Å². The van der Waals surface area contributed by atoms with Gasteiger partial charge in [0.05, 0.1) is 104 Å². The van der Waals surface area contributed by atoms with Gasteiger partial charge in [-0.1, -0.05) is 5.21 Å². The maximum atomic E-state index is 12.2. The van der Waals surface area contributed by atoms with Gasteiger partial charge in [-0.05, 0) is 31.0 Å². The summed E-state index contributed by atoms with van der Waals surface area (Å²) in [6, 6.07) is 5.60. The number of aryl methyl sites for hydroxylation is 1. The summed E-state index contributed by atoms with van der Waals surface area (Å²) in [5.41, 5.74) is 15.7. The predicted octanol–water partition coefficient (Wildman–Crippen LogP) is 0.969. The van der Waals surface area contributed by atoms with Crippen molar-refractivity contribution in [1.82, 2.24) is 45.0 Å². The van der Waals surface area contributed by atoms with E-state index in [4.69, 9.17) is 54.5 Å². The minimum Gasteiger partial charge on any atom is -0.424 e. The number of aliphatic hydroxyl groups excluding tert-OH is 1. The van der Waals surface area contributed by atoms with Crippen LogP contribution in [-0.2, 0) is 52.9 Å². The number of aromatic nitrogens is 8. The number of nitrogens with zero attached hydrogens (tertiary/aromatic N) is 8. The Morgan fingerprint density at radius 1 is 0.833 bits per heavy atom. The normalized spacial score (nSPS) is 11.6. The standard InChI is InChI=1S/C34H49N11O9/c35-32-30-31(25-3-4-28-27(21-25)40-34(36)54-28)42-45(33(30)39-24-38-32)7-2-1-6-37-29(47)5-9-48-11-13-50-15-17-52-19-20-53-18-16-51-14-12-49-10-8-44-22-26(23-46)41-43-44/h3-4,21-22,24,46H,1-2,5-20,23H2,(H2,36,40)(H,37,47)(H2,35,38,39). The molecular weight excluding hydrogens is 706 g/mol. The third-order valence-electron chi connectivity index (χ3n) is 7.90. The third kappa shape index (κ3) is 12.9. The van der Waals surface area contributed by atoms with E-state index < -0.39 is 0 Å². The number of carbonyl (C=O) groups is 1. The number of nitrogens with two attached hydrogens (primary N) is 2. The minimum absolute atomic E-state index is 0.0715. The van der Waals surface area contributed by atoms with Crippen LogP contribution in [0.1, 0.15) is 25.0 Å². The van der Waals surface area contributed by atoms with E-state index in [-0.39, 0.29) is 24.9 Å². The van der Waals surface area contributed by atoms with Gasteiger partial charge in [-0.3, -0.25) is 4.79 Å². The largest absolute Gasteiger partial charge is 0.424 e. The molecule has 20 heteroatoms. The van der Waals surface area contributed by atoms with Gasteiger partial charge in [-0.25, -0.2) is 19.3 Å². The van der Waals surface area contributed by atoms with E-state index in [2.05, 4.69) is 30.6 Å². The Labute approximate surface area is 311 Å². The van der Waals surface area contributed by atoms with Crippen molar-refractivity contribution in [3.05, 3.63) is 36.4 Å². The number of rotatable bonds is 28. The number of ether oxygens (including phenoxy) is 6. The molecule has 4 aromatic heterocycles. The molecule has 0 fully saturated rings. The van der Waals surface area contributed by atoms with E-state index in [1.54, 1.807) is 16.9 Å². The van der Waals surface area contributed by atoms with Crippen LogP contribution >= 0.6 is 0 Å². The van der Waals surface area contributed by atoms with Gasteiger partial charge in [0.1, 0.15) is 29.0 Å². The molecule has 0 radical (unpaired) electrons. The lowest BCUT2D eigenvalue weighted by atomic mass is 10.1. The second-order valence-corrected chi connectivity index (χ2v) is 11.9. The highest BCUT2D eigenvalue weighted by molar-refractivity contribution is 5.99. The molecule has 0 aliphatic heterocycles. The van der Waals surface area contributed by atoms with E-state index in [0.717, 1.165) is 18.4 Å². The number of benzene rings is 1. The number of fused-ring (bicyclic) bond motifs is 2. The van der Waals surface area contributed by atoms with Crippen molar-refractivity contribution >= 4 is 39.9 Å². The molecule has 0 atom stereocenters. The lowest BCUT2D eigenvalue weighted by Gasteiger charge is -2.08. The summed E-state index contributed by atoms with van der Waals surface area (Å²) in [6.07, 6.45) is 4.88. The fourth-order valence-electron chi connectivity index (χ4n) is 5.23. The fraction of sp³-hybridized carbons (Fsp3) is 0.559. The average Bonchev–Trinajstić information content (AvgIpc) is 3.90. The third-order valence-corrected chi connectivity index (χ3v) is 7.90. The maximum Gasteiger partial charge on any atom is 0.292 e. The van der Waals surface area contributed by atoms with Crippen LogP contribution in [-0.4, -0.2) is 137 Å². The van der Waals surface area contributed by atoms with Crippen molar-refractivity contribution < 1.29 is 42.7 Å². The highest BCUT2D eigenvalue weighted by atomic mass is 16.6. The number of aliphatic hydroxyl groups is 1. The molecule has 6 N–H and O–H groups in total. The minimum atomic E-state index is -0.127. The van der Waals surface area contributed by atoms with Gasteiger partial charge in [-0.15, -0.1) is 5.10 Å². The highest BCUT2D eigenvalue weighted by Crippen LogP contribution is 2.32. The van der Waals surface area contributed by atoms with Crippen molar-refractivity contribution in [2.75, 3.05) is 97.3 Å². The molecule has 1 aromatic carbocycles. The van der Waals surface area contributed by atoms with Crippen molar-refractivity contribution in [3.8, 4) is 11.3 Å². The van der Waals surface area contributed by atoms with Crippen molar-refractivity contribution in [3.63, 3.8) is 0 Å². The molecule has 54 heavy (non-hydrogen) atoms. The first-order valence-corrected chi connectivity index (χ1v) is 17.9. The van der Waals surface area contributed by atoms with Crippen LogP contribution in [0.3, 0.4) is 0 Å². The molecule has 0 saturated carbocycles. The van der Waals surface area contributed by atoms with E-state index in [1.807, 2.05) is 16.8 Å². The van der Waals surface area contributed by atoms with Crippen molar-refractivity contribution in [2.45, 2.75) is 39.0 Å². The Morgan fingerprint density at radius 3 is 2.17 bits per heavy atom. The van der Waals surface area contributed by atoms with Gasteiger partial charge in [0, 0.05) is 25.1 Å². The molecule has 5 aromatic rings. The molecule has 0 spiro atoms. The number of hydrogen-bond donors (Lipinski definition) is 4. The van der Waals surface area contributed by atoms with Gasteiger partial charge in [0.25, 0.3) is 6.01 Å². The van der Waals surface area contributed by atoms with Crippen LogP contribution in [0.25, 0.3) is 33.4 Å².